The lowest BCUT2D eigenvalue weighted by Crippen LogP contribution is -2.36. The second-order valence-electron chi connectivity index (χ2n) is 6.71. The van der Waals surface area contributed by atoms with Gasteiger partial charge in [0.15, 0.2) is 5.76 Å². The SMILES string of the molecule is C[C@@H]1CCCCN1Cc1c(O)ccc2c1O/C(=C\c1ccco1)C2=O. The third-order valence-electron chi connectivity index (χ3n) is 5.03. The molecule has 0 bridgehead atoms. The van der Waals surface area contributed by atoms with Crippen LogP contribution in [0.4, 0.5) is 0 Å². The number of aromatic hydroxyl groups is 1. The van der Waals surface area contributed by atoms with Crippen LogP contribution in [-0.4, -0.2) is 28.4 Å². The van der Waals surface area contributed by atoms with E-state index >= 15 is 0 Å². The highest BCUT2D eigenvalue weighted by Gasteiger charge is 2.32. The first-order valence-corrected chi connectivity index (χ1v) is 8.70. The first-order valence-electron chi connectivity index (χ1n) is 8.70. The number of rotatable bonds is 3. The second kappa shape index (κ2) is 6.41. The Labute approximate surface area is 146 Å². The molecule has 0 aliphatic carbocycles. The second-order valence-corrected chi connectivity index (χ2v) is 6.71. The summed E-state index contributed by atoms with van der Waals surface area (Å²) in [6.07, 6.45) is 6.69. The topological polar surface area (TPSA) is 62.9 Å². The van der Waals surface area contributed by atoms with E-state index in [1.807, 2.05) is 0 Å². The van der Waals surface area contributed by atoms with Crippen LogP contribution >= 0.6 is 0 Å². The highest BCUT2D eigenvalue weighted by molar-refractivity contribution is 6.14. The molecule has 130 valence electrons. The molecule has 5 heteroatoms. The number of benzene rings is 1. The van der Waals surface area contributed by atoms with Crippen molar-refractivity contribution in [2.75, 3.05) is 6.54 Å². The maximum atomic E-state index is 12.6. The van der Waals surface area contributed by atoms with Gasteiger partial charge in [-0.1, -0.05) is 6.42 Å². The minimum absolute atomic E-state index is 0.170. The Morgan fingerprint density at radius 2 is 2.20 bits per heavy atom. The van der Waals surface area contributed by atoms with E-state index in [0.29, 0.717) is 35.2 Å². The van der Waals surface area contributed by atoms with E-state index in [4.69, 9.17) is 9.15 Å². The molecule has 1 N–H and O–H groups in total. The highest BCUT2D eigenvalue weighted by Crippen LogP contribution is 2.40. The summed E-state index contributed by atoms with van der Waals surface area (Å²) in [5, 5.41) is 10.4. The smallest absolute Gasteiger partial charge is 0.232 e. The van der Waals surface area contributed by atoms with Crippen LogP contribution in [0.25, 0.3) is 6.08 Å². The molecule has 0 unspecified atom stereocenters. The fourth-order valence-electron chi connectivity index (χ4n) is 3.55. The number of allylic oxidation sites excluding steroid dienone is 1. The van der Waals surface area contributed by atoms with Crippen LogP contribution in [0, 0.1) is 0 Å². The summed E-state index contributed by atoms with van der Waals surface area (Å²) in [6.45, 7) is 3.78. The Morgan fingerprint density at radius 1 is 1.32 bits per heavy atom. The molecule has 2 aliphatic heterocycles. The number of hydrogen-bond acceptors (Lipinski definition) is 5. The third-order valence-corrected chi connectivity index (χ3v) is 5.03. The van der Waals surface area contributed by atoms with Crippen LogP contribution in [0.2, 0.25) is 0 Å². The molecule has 4 rings (SSSR count). The Bertz CT molecular complexity index is 822. The van der Waals surface area contributed by atoms with Gasteiger partial charge in [0.05, 0.1) is 17.4 Å². The van der Waals surface area contributed by atoms with Crippen LogP contribution < -0.4 is 4.74 Å². The first-order chi connectivity index (χ1) is 12.1. The molecule has 5 nitrogen and oxygen atoms in total. The number of Topliss-reactive ketones (excluding diaryl/α,β-unsaturated/α-hetero) is 1. The van der Waals surface area contributed by atoms with Crippen molar-refractivity contribution < 1.29 is 19.1 Å². The van der Waals surface area contributed by atoms with Gasteiger partial charge in [-0.2, -0.15) is 0 Å². The van der Waals surface area contributed by atoms with Gasteiger partial charge in [0.25, 0.3) is 0 Å². The largest absolute Gasteiger partial charge is 0.507 e. The average Bonchev–Trinajstić information content (AvgIpc) is 3.21. The summed E-state index contributed by atoms with van der Waals surface area (Å²) < 4.78 is 11.1. The lowest BCUT2D eigenvalue weighted by atomic mass is 10.0. The molecule has 1 aromatic heterocycles. The fraction of sp³-hybridized carbons (Fsp3) is 0.350. The van der Waals surface area contributed by atoms with Crippen molar-refractivity contribution in [2.45, 2.75) is 38.8 Å². The van der Waals surface area contributed by atoms with Crippen molar-refractivity contribution in [3.63, 3.8) is 0 Å². The number of ether oxygens (including phenoxy) is 1. The van der Waals surface area contributed by atoms with Gasteiger partial charge in [0.2, 0.25) is 5.78 Å². The van der Waals surface area contributed by atoms with E-state index in [0.717, 1.165) is 19.4 Å². The van der Waals surface area contributed by atoms with Gasteiger partial charge in [-0.05, 0) is 50.6 Å². The lowest BCUT2D eigenvalue weighted by molar-refractivity contribution is 0.101. The number of phenolic OH excluding ortho intramolecular Hbond substituents is 1. The van der Waals surface area contributed by atoms with Crippen LogP contribution in [0.3, 0.4) is 0 Å². The van der Waals surface area contributed by atoms with Crippen molar-refractivity contribution in [1.82, 2.24) is 4.90 Å². The summed E-state index contributed by atoms with van der Waals surface area (Å²) in [7, 11) is 0. The van der Waals surface area contributed by atoms with Crippen molar-refractivity contribution in [2.24, 2.45) is 0 Å². The van der Waals surface area contributed by atoms with E-state index in [9.17, 15) is 9.90 Å². The van der Waals surface area contributed by atoms with Gasteiger partial charge in [0, 0.05) is 18.7 Å². The van der Waals surface area contributed by atoms with E-state index < -0.39 is 0 Å². The zero-order chi connectivity index (χ0) is 17.4. The molecule has 1 saturated heterocycles. The molecule has 2 aliphatic rings. The monoisotopic (exact) mass is 339 g/mol. The maximum Gasteiger partial charge on any atom is 0.232 e. The molecule has 0 radical (unpaired) electrons. The predicted octanol–water partition coefficient (Wildman–Crippen LogP) is 3.98. The van der Waals surface area contributed by atoms with Gasteiger partial charge in [-0.25, -0.2) is 0 Å². The van der Waals surface area contributed by atoms with Gasteiger partial charge in [0.1, 0.15) is 17.3 Å². The first kappa shape index (κ1) is 16.0. The summed E-state index contributed by atoms with van der Waals surface area (Å²) in [5.74, 6) is 1.25. The van der Waals surface area contributed by atoms with Crippen molar-refractivity contribution in [1.29, 1.82) is 0 Å². The molecule has 0 saturated carbocycles. The molecular formula is C20H21NO4. The van der Waals surface area contributed by atoms with Crippen LogP contribution in [0.15, 0.2) is 40.7 Å². The number of fused-ring (bicyclic) bond motifs is 1. The van der Waals surface area contributed by atoms with Crippen LogP contribution in [0.1, 0.15) is 47.9 Å². The molecule has 1 fully saturated rings. The third kappa shape index (κ3) is 2.96. The summed E-state index contributed by atoms with van der Waals surface area (Å²) in [5.41, 5.74) is 1.18. The molecule has 2 aromatic rings. The number of ketones is 1. The van der Waals surface area contributed by atoms with E-state index in [1.165, 1.54) is 6.42 Å². The van der Waals surface area contributed by atoms with Crippen molar-refractivity contribution >= 4 is 11.9 Å². The van der Waals surface area contributed by atoms with Gasteiger partial charge in [-0.3, -0.25) is 9.69 Å². The Hall–Kier alpha value is -2.53. The van der Waals surface area contributed by atoms with Gasteiger partial charge >= 0.3 is 0 Å². The van der Waals surface area contributed by atoms with Crippen molar-refractivity contribution in [3.05, 3.63) is 53.2 Å². The number of piperidine rings is 1. The average molecular weight is 339 g/mol. The lowest BCUT2D eigenvalue weighted by Gasteiger charge is -2.33. The Kier molecular flexibility index (Phi) is 4.09. The highest BCUT2D eigenvalue weighted by atomic mass is 16.5. The number of phenols is 1. The van der Waals surface area contributed by atoms with Gasteiger partial charge in [-0.15, -0.1) is 0 Å². The summed E-state index contributed by atoms with van der Waals surface area (Å²) in [4.78, 5) is 14.9. The summed E-state index contributed by atoms with van der Waals surface area (Å²) >= 11 is 0. The molecule has 1 aromatic carbocycles. The van der Waals surface area contributed by atoms with E-state index in [2.05, 4.69) is 11.8 Å². The Morgan fingerprint density at radius 3 is 2.96 bits per heavy atom. The molecule has 1 atom stereocenters. The van der Waals surface area contributed by atoms with E-state index in [-0.39, 0.29) is 17.3 Å². The number of carbonyl (C=O) groups excluding carboxylic acids is 1. The van der Waals surface area contributed by atoms with Crippen LogP contribution in [-0.2, 0) is 6.54 Å². The van der Waals surface area contributed by atoms with Gasteiger partial charge < -0.3 is 14.3 Å². The quantitative estimate of drug-likeness (QED) is 0.857. The fourth-order valence-corrected chi connectivity index (χ4v) is 3.55. The Balaban J connectivity index is 1.67. The number of carbonyl (C=O) groups is 1. The molecular weight excluding hydrogens is 318 g/mol. The normalized spacial score (nSPS) is 22.2. The number of furan rings is 1. The van der Waals surface area contributed by atoms with Crippen LogP contribution in [0.5, 0.6) is 11.5 Å². The molecule has 0 amide bonds. The number of nitrogens with zero attached hydrogens (tertiary/aromatic N) is 1. The van der Waals surface area contributed by atoms with E-state index in [1.54, 1.807) is 36.6 Å². The molecule has 0 spiro atoms. The number of likely N-dealkylation sites (tertiary alicyclic amines) is 1. The maximum absolute atomic E-state index is 12.6. The molecule has 25 heavy (non-hydrogen) atoms. The zero-order valence-corrected chi connectivity index (χ0v) is 14.2. The predicted molar refractivity (Wildman–Crippen MR) is 93.5 cm³/mol. The number of hydrogen-bond donors (Lipinski definition) is 1. The minimum Gasteiger partial charge on any atom is -0.507 e. The van der Waals surface area contributed by atoms with Crippen molar-refractivity contribution in [3.8, 4) is 11.5 Å². The molecule has 3 heterocycles. The standard InChI is InChI=1S/C20H21NO4/c1-13-5-2-3-9-21(13)12-16-17(22)8-7-15-19(23)18(25-20(15)16)11-14-6-4-10-24-14/h4,6-8,10-11,13,22H,2-3,5,9,12H2,1H3/b18-11-/t13-/m1/s1. The minimum atomic E-state index is -0.181. The zero-order valence-electron chi connectivity index (χ0n) is 14.2. The summed E-state index contributed by atoms with van der Waals surface area (Å²) in [6, 6.07) is 7.19.